The third-order valence-electron chi connectivity index (χ3n) is 4.85. The van der Waals surface area contributed by atoms with Crippen molar-refractivity contribution in [2.75, 3.05) is 26.6 Å². The first-order valence-electron chi connectivity index (χ1n) is 9.49. The fraction of sp³-hybridized carbons (Fsp3) is 0.182. The number of ether oxygens (including phenoxy) is 1. The lowest BCUT2D eigenvalue weighted by atomic mass is 10.1. The van der Waals surface area contributed by atoms with Gasteiger partial charge >= 0.3 is 7.60 Å². The van der Waals surface area contributed by atoms with E-state index in [1.165, 1.54) is 14.2 Å². The maximum absolute atomic E-state index is 12.3. The van der Waals surface area contributed by atoms with E-state index in [0.29, 0.717) is 5.95 Å². The number of anilines is 2. The lowest BCUT2D eigenvalue weighted by Gasteiger charge is -2.13. The predicted molar refractivity (Wildman–Crippen MR) is 124 cm³/mol. The molecule has 4 rings (SSSR count). The van der Waals surface area contributed by atoms with Crippen LogP contribution in [0.5, 0.6) is 5.75 Å². The molecule has 9 heteroatoms. The van der Waals surface area contributed by atoms with Crippen molar-refractivity contribution in [3.05, 3.63) is 65.7 Å². The summed E-state index contributed by atoms with van der Waals surface area (Å²) in [4.78, 5) is 9.17. The van der Waals surface area contributed by atoms with Crippen molar-refractivity contribution in [3.63, 3.8) is 0 Å². The molecule has 160 valence electrons. The van der Waals surface area contributed by atoms with Crippen LogP contribution in [0.3, 0.4) is 0 Å². The number of aromatic nitrogens is 2. The van der Waals surface area contributed by atoms with Crippen LogP contribution in [0, 0.1) is 0 Å². The Kier molecular flexibility index (Phi) is 6.34. The van der Waals surface area contributed by atoms with Gasteiger partial charge in [0, 0.05) is 36.4 Å². The van der Waals surface area contributed by atoms with Gasteiger partial charge in [-0.05, 0) is 23.8 Å². The molecule has 0 aliphatic rings. The van der Waals surface area contributed by atoms with E-state index in [1.54, 1.807) is 18.4 Å². The largest absolute Gasteiger partial charge is 0.496 e. The SMILES string of the molecule is COc1ccccc1-c1csc2cnc(Nc3ccc(CP(=O)(OC)OC)cc3)nc12. The van der Waals surface area contributed by atoms with Crippen LogP contribution in [0.25, 0.3) is 21.3 Å². The summed E-state index contributed by atoms with van der Waals surface area (Å²) < 4.78 is 28.8. The summed E-state index contributed by atoms with van der Waals surface area (Å²) in [5.74, 6) is 1.30. The van der Waals surface area contributed by atoms with Crippen molar-refractivity contribution in [2.24, 2.45) is 0 Å². The van der Waals surface area contributed by atoms with E-state index >= 15 is 0 Å². The van der Waals surface area contributed by atoms with Gasteiger partial charge in [0.1, 0.15) is 5.75 Å². The van der Waals surface area contributed by atoms with Gasteiger partial charge in [0.2, 0.25) is 5.95 Å². The first-order valence-corrected chi connectivity index (χ1v) is 12.1. The summed E-state index contributed by atoms with van der Waals surface area (Å²) in [5, 5.41) is 5.30. The van der Waals surface area contributed by atoms with Gasteiger partial charge in [0.15, 0.2) is 0 Å². The van der Waals surface area contributed by atoms with E-state index in [1.807, 2.05) is 54.7 Å². The van der Waals surface area contributed by atoms with Crippen LogP contribution < -0.4 is 10.1 Å². The molecule has 0 bridgehead atoms. The van der Waals surface area contributed by atoms with Crippen LogP contribution in [0.4, 0.5) is 11.6 Å². The molecule has 1 N–H and O–H groups in total. The maximum Gasteiger partial charge on any atom is 0.334 e. The van der Waals surface area contributed by atoms with E-state index in [2.05, 4.69) is 15.7 Å². The molecular formula is C22H22N3O4PS. The Morgan fingerprint density at radius 2 is 1.74 bits per heavy atom. The highest BCUT2D eigenvalue weighted by Crippen LogP contribution is 2.49. The van der Waals surface area contributed by atoms with Crippen molar-refractivity contribution in [3.8, 4) is 16.9 Å². The molecule has 31 heavy (non-hydrogen) atoms. The van der Waals surface area contributed by atoms with Crippen LogP contribution in [0.2, 0.25) is 0 Å². The number of para-hydroxylation sites is 1. The second kappa shape index (κ2) is 9.16. The molecule has 0 amide bonds. The van der Waals surface area contributed by atoms with E-state index in [-0.39, 0.29) is 6.16 Å². The topological polar surface area (TPSA) is 82.6 Å². The van der Waals surface area contributed by atoms with Crippen LogP contribution in [-0.2, 0) is 19.8 Å². The summed E-state index contributed by atoms with van der Waals surface area (Å²) in [6, 6.07) is 15.4. The van der Waals surface area contributed by atoms with E-state index in [9.17, 15) is 4.57 Å². The second-order valence-electron chi connectivity index (χ2n) is 6.71. The molecule has 2 heterocycles. The Balaban J connectivity index is 1.59. The fourth-order valence-electron chi connectivity index (χ4n) is 3.20. The molecule has 0 fully saturated rings. The zero-order valence-electron chi connectivity index (χ0n) is 17.4. The summed E-state index contributed by atoms with van der Waals surface area (Å²) in [6.45, 7) is 0. The minimum absolute atomic E-state index is 0.208. The van der Waals surface area contributed by atoms with E-state index in [0.717, 1.165) is 38.3 Å². The van der Waals surface area contributed by atoms with Gasteiger partial charge in [0.05, 0.1) is 29.7 Å². The number of benzene rings is 2. The molecule has 0 aliphatic carbocycles. The third-order valence-corrected chi connectivity index (χ3v) is 7.63. The van der Waals surface area contributed by atoms with Gasteiger partial charge in [-0.25, -0.2) is 9.97 Å². The lowest BCUT2D eigenvalue weighted by molar-refractivity contribution is 0.275. The standard InChI is InChI=1S/C22H22N3O4PS/c1-27-19-7-5-4-6-17(19)18-14-31-20-12-23-22(25-21(18)20)24-16-10-8-15(9-11-16)13-30(26,28-2)29-3/h4-12,14H,13H2,1-3H3,(H,23,24,25). The molecule has 0 radical (unpaired) electrons. The average molecular weight is 455 g/mol. The van der Waals surface area contributed by atoms with E-state index in [4.69, 9.17) is 18.8 Å². The van der Waals surface area contributed by atoms with Crippen LogP contribution in [0.15, 0.2) is 60.1 Å². The molecule has 0 saturated heterocycles. The summed E-state index contributed by atoms with van der Waals surface area (Å²) in [6.07, 6.45) is 2.02. The fourth-order valence-corrected chi connectivity index (χ4v) is 5.13. The Labute approximate surface area is 184 Å². The van der Waals surface area contributed by atoms with Crippen molar-refractivity contribution < 1.29 is 18.3 Å². The maximum atomic E-state index is 12.3. The number of rotatable bonds is 8. The highest BCUT2D eigenvalue weighted by Gasteiger charge is 2.21. The Morgan fingerprint density at radius 3 is 2.45 bits per heavy atom. The smallest absolute Gasteiger partial charge is 0.334 e. The van der Waals surface area contributed by atoms with Gasteiger partial charge in [-0.1, -0.05) is 30.3 Å². The predicted octanol–water partition coefficient (Wildman–Crippen LogP) is 6.10. The lowest BCUT2D eigenvalue weighted by Crippen LogP contribution is -1.98. The quantitative estimate of drug-likeness (QED) is 0.322. The summed E-state index contributed by atoms with van der Waals surface area (Å²) in [7, 11) is 1.34. The zero-order chi connectivity index (χ0) is 21.8. The van der Waals surface area contributed by atoms with Crippen molar-refractivity contribution in [1.29, 1.82) is 0 Å². The number of thiophene rings is 1. The first-order chi connectivity index (χ1) is 15.0. The van der Waals surface area contributed by atoms with Gasteiger partial charge in [-0.2, -0.15) is 0 Å². The molecule has 2 aromatic heterocycles. The van der Waals surface area contributed by atoms with E-state index < -0.39 is 7.60 Å². The monoisotopic (exact) mass is 455 g/mol. The van der Waals surface area contributed by atoms with Crippen LogP contribution in [-0.4, -0.2) is 31.3 Å². The molecule has 4 aromatic rings. The molecule has 7 nitrogen and oxygen atoms in total. The van der Waals surface area contributed by atoms with Gasteiger partial charge in [0.25, 0.3) is 0 Å². The molecule has 0 atom stereocenters. The van der Waals surface area contributed by atoms with Gasteiger partial charge in [-0.15, -0.1) is 11.3 Å². The second-order valence-corrected chi connectivity index (χ2v) is 9.89. The number of methoxy groups -OCH3 is 1. The van der Waals surface area contributed by atoms with Gasteiger partial charge < -0.3 is 19.1 Å². The number of nitrogens with zero attached hydrogens (tertiary/aromatic N) is 2. The molecule has 0 unspecified atom stereocenters. The molecule has 2 aromatic carbocycles. The summed E-state index contributed by atoms with van der Waals surface area (Å²) >= 11 is 1.60. The highest BCUT2D eigenvalue weighted by molar-refractivity contribution is 7.52. The van der Waals surface area contributed by atoms with Gasteiger partial charge in [-0.3, -0.25) is 4.57 Å². The normalized spacial score (nSPS) is 11.6. The first kappa shape index (κ1) is 21.5. The van der Waals surface area contributed by atoms with Crippen molar-refractivity contribution in [2.45, 2.75) is 6.16 Å². The average Bonchev–Trinajstić information content (AvgIpc) is 3.23. The van der Waals surface area contributed by atoms with Crippen molar-refractivity contribution in [1.82, 2.24) is 9.97 Å². The molecular weight excluding hydrogens is 433 g/mol. The number of hydrogen-bond donors (Lipinski definition) is 1. The van der Waals surface area contributed by atoms with Crippen LogP contribution in [0.1, 0.15) is 5.56 Å². The number of hydrogen-bond acceptors (Lipinski definition) is 8. The van der Waals surface area contributed by atoms with Crippen molar-refractivity contribution >= 4 is 40.8 Å². The minimum Gasteiger partial charge on any atom is -0.496 e. The number of nitrogens with one attached hydrogen (secondary N) is 1. The Morgan fingerprint density at radius 1 is 1.00 bits per heavy atom. The zero-order valence-corrected chi connectivity index (χ0v) is 19.1. The third kappa shape index (κ3) is 4.62. The summed E-state index contributed by atoms with van der Waals surface area (Å²) in [5.41, 5.74) is 4.54. The molecule has 0 saturated carbocycles. The molecule has 0 spiro atoms. The Bertz CT molecular complexity index is 1240. The van der Waals surface area contributed by atoms with Crippen LogP contribution >= 0.6 is 18.9 Å². The number of fused-ring (bicyclic) bond motifs is 1. The Hall–Kier alpha value is -2.77. The molecule has 0 aliphatic heterocycles. The minimum atomic E-state index is -3.10. The highest BCUT2D eigenvalue weighted by atomic mass is 32.1.